The summed E-state index contributed by atoms with van der Waals surface area (Å²) in [6.45, 7) is 6.15. The summed E-state index contributed by atoms with van der Waals surface area (Å²) in [6, 6.07) is 21.3. The van der Waals surface area contributed by atoms with Crippen LogP contribution in [0, 0.1) is 12.8 Å². The predicted octanol–water partition coefficient (Wildman–Crippen LogP) is 5.16. The van der Waals surface area contributed by atoms with Crippen molar-refractivity contribution in [3.05, 3.63) is 89.5 Å². The monoisotopic (exact) mass is 563 g/mol. The lowest BCUT2D eigenvalue weighted by Crippen LogP contribution is -2.49. The molecule has 40 heavy (non-hydrogen) atoms. The zero-order chi connectivity index (χ0) is 28.9. The molecule has 1 aliphatic rings. The molecule has 0 unspecified atom stereocenters. The highest BCUT2D eigenvalue weighted by Gasteiger charge is 2.35. The number of sulfonamides is 1. The number of fused-ring (bicyclic) bond motifs is 3. The average molecular weight is 564 g/mol. The number of ether oxygens (including phenoxy) is 1. The number of aryl methyl sites for hydroxylation is 1. The van der Waals surface area contributed by atoms with Crippen LogP contribution in [0.5, 0.6) is 0 Å². The fourth-order valence-corrected chi connectivity index (χ4v) is 6.85. The van der Waals surface area contributed by atoms with Crippen molar-refractivity contribution in [2.24, 2.45) is 11.7 Å². The van der Waals surface area contributed by atoms with Gasteiger partial charge in [-0.15, -0.1) is 0 Å². The highest BCUT2D eigenvalue weighted by atomic mass is 32.2. The molecule has 4 rings (SSSR count). The lowest BCUT2D eigenvalue weighted by atomic mass is 10.1. The van der Waals surface area contributed by atoms with Gasteiger partial charge in [-0.25, -0.2) is 13.2 Å². The standard InChI is InChI=1S/C31H37N3O5S/c1-21(2)20-34(40(37,38)23-17-15-22(3)16-18-23)28(30(32)35)14-8-9-19-33-31(36)39-29-26-12-6-4-10-24(26)25-11-5-7-13-27(25)29/h4-7,10-13,15-18,21,28-29H,8-9,14,19-20H2,1-3H3,(H2,32,35)(H,33,36)/t28-/m0/s1. The van der Waals surface area contributed by atoms with E-state index in [1.807, 2.05) is 69.3 Å². The van der Waals surface area contributed by atoms with Gasteiger partial charge in [0, 0.05) is 24.2 Å². The molecule has 0 heterocycles. The molecule has 0 aromatic heterocycles. The van der Waals surface area contributed by atoms with Gasteiger partial charge in [-0.2, -0.15) is 4.31 Å². The van der Waals surface area contributed by atoms with Crippen molar-refractivity contribution in [2.45, 2.75) is 57.1 Å². The van der Waals surface area contributed by atoms with E-state index < -0.39 is 34.2 Å². The number of alkyl carbamates (subject to hydrolysis) is 1. The van der Waals surface area contributed by atoms with Gasteiger partial charge in [0.2, 0.25) is 15.9 Å². The maximum atomic E-state index is 13.5. The number of hydrogen-bond acceptors (Lipinski definition) is 5. The molecule has 0 fully saturated rings. The molecule has 0 aliphatic heterocycles. The van der Waals surface area contributed by atoms with Gasteiger partial charge >= 0.3 is 6.09 Å². The Morgan fingerprint density at radius 2 is 1.50 bits per heavy atom. The smallest absolute Gasteiger partial charge is 0.408 e. The van der Waals surface area contributed by atoms with Crippen molar-refractivity contribution >= 4 is 22.0 Å². The lowest BCUT2D eigenvalue weighted by molar-refractivity contribution is -0.122. The molecule has 1 aliphatic carbocycles. The number of nitrogens with zero attached hydrogens (tertiary/aromatic N) is 1. The second kappa shape index (κ2) is 12.7. The van der Waals surface area contributed by atoms with Crippen molar-refractivity contribution in [1.29, 1.82) is 0 Å². The van der Waals surface area contributed by atoms with Crippen molar-refractivity contribution < 1.29 is 22.7 Å². The Morgan fingerprint density at radius 1 is 0.925 bits per heavy atom. The van der Waals surface area contributed by atoms with E-state index in [0.29, 0.717) is 19.4 Å². The molecule has 0 radical (unpaired) electrons. The quantitative estimate of drug-likeness (QED) is 0.295. The summed E-state index contributed by atoms with van der Waals surface area (Å²) in [5, 5.41) is 2.79. The Morgan fingerprint density at radius 3 is 2.05 bits per heavy atom. The van der Waals surface area contributed by atoms with E-state index in [1.54, 1.807) is 24.3 Å². The van der Waals surface area contributed by atoms with Crippen LogP contribution >= 0.6 is 0 Å². The lowest BCUT2D eigenvalue weighted by Gasteiger charge is -2.30. The number of carbonyl (C=O) groups excluding carboxylic acids is 2. The fourth-order valence-electron chi connectivity index (χ4n) is 5.06. The Hall–Kier alpha value is -3.69. The molecule has 212 valence electrons. The molecule has 8 nitrogen and oxygen atoms in total. The minimum atomic E-state index is -3.93. The zero-order valence-electron chi connectivity index (χ0n) is 23.2. The van der Waals surface area contributed by atoms with Crippen LogP contribution in [0.4, 0.5) is 4.79 Å². The van der Waals surface area contributed by atoms with Crippen LogP contribution in [0.15, 0.2) is 77.7 Å². The first kappa shape index (κ1) is 29.3. The topological polar surface area (TPSA) is 119 Å². The van der Waals surface area contributed by atoms with Crippen molar-refractivity contribution in [3.63, 3.8) is 0 Å². The van der Waals surface area contributed by atoms with E-state index in [4.69, 9.17) is 10.5 Å². The number of carbonyl (C=O) groups is 2. The third kappa shape index (κ3) is 6.54. The highest BCUT2D eigenvalue weighted by molar-refractivity contribution is 7.89. The normalized spacial score (nSPS) is 13.6. The number of unbranched alkanes of at least 4 members (excludes halogenated alkanes) is 1. The molecule has 0 saturated heterocycles. The summed E-state index contributed by atoms with van der Waals surface area (Å²) in [6.07, 6.45) is 0.236. The molecule has 2 amide bonds. The highest BCUT2D eigenvalue weighted by Crippen LogP contribution is 2.45. The summed E-state index contributed by atoms with van der Waals surface area (Å²) in [7, 11) is -3.93. The zero-order valence-corrected chi connectivity index (χ0v) is 24.0. The van der Waals surface area contributed by atoms with E-state index in [2.05, 4.69) is 5.32 Å². The van der Waals surface area contributed by atoms with Crippen LogP contribution in [-0.2, 0) is 19.6 Å². The second-order valence-corrected chi connectivity index (χ2v) is 12.5. The number of nitrogens with one attached hydrogen (secondary N) is 1. The van der Waals surface area contributed by atoms with E-state index >= 15 is 0 Å². The van der Waals surface area contributed by atoms with Crippen LogP contribution in [0.2, 0.25) is 0 Å². The van der Waals surface area contributed by atoms with Crippen molar-refractivity contribution in [1.82, 2.24) is 9.62 Å². The Kier molecular flexibility index (Phi) is 9.27. The van der Waals surface area contributed by atoms with Gasteiger partial charge in [0.15, 0.2) is 6.10 Å². The Labute approximate surface area is 236 Å². The van der Waals surface area contributed by atoms with Gasteiger partial charge in [-0.3, -0.25) is 4.79 Å². The van der Waals surface area contributed by atoms with Gasteiger partial charge in [-0.05, 0) is 55.4 Å². The molecule has 3 N–H and O–H groups in total. The van der Waals surface area contributed by atoms with Crippen LogP contribution < -0.4 is 11.1 Å². The largest absolute Gasteiger partial charge is 0.436 e. The fraction of sp³-hybridized carbons (Fsp3) is 0.355. The molecule has 0 bridgehead atoms. The third-order valence-electron chi connectivity index (χ3n) is 7.02. The summed E-state index contributed by atoms with van der Waals surface area (Å²) in [4.78, 5) is 25.2. The van der Waals surface area contributed by atoms with Gasteiger partial charge in [0.1, 0.15) is 6.04 Å². The molecule has 0 saturated carbocycles. The molecule has 9 heteroatoms. The molecule has 3 aromatic rings. The van der Waals surface area contributed by atoms with Gasteiger partial charge in [0.25, 0.3) is 0 Å². The van der Waals surface area contributed by atoms with Crippen LogP contribution in [0.25, 0.3) is 11.1 Å². The predicted molar refractivity (Wildman–Crippen MR) is 155 cm³/mol. The minimum Gasteiger partial charge on any atom is -0.436 e. The van der Waals surface area contributed by atoms with Crippen LogP contribution in [-0.4, -0.2) is 43.9 Å². The molecular formula is C31H37N3O5S. The number of benzene rings is 3. The summed E-state index contributed by atoms with van der Waals surface area (Å²) in [5.74, 6) is -0.702. The first-order valence-electron chi connectivity index (χ1n) is 13.6. The first-order chi connectivity index (χ1) is 19.1. The number of nitrogens with two attached hydrogens (primary N) is 1. The van der Waals surface area contributed by atoms with Gasteiger partial charge < -0.3 is 15.8 Å². The van der Waals surface area contributed by atoms with E-state index in [0.717, 1.165) is 27.8 Å². The number of rotatable bonds is 12. The van der Waals surface area contributed by atoms with E-state index in [1.165, 1.54) is 4.31 Å². The average Bonchev–Trinajstić information content (AvgIpc) is 3.23. The Balaban J connectivity index is 1.35. The minimum absolute atomic E-state index is 0.00985. The van der Waals surface area contributed by atoms with Crippen LogP contribution in [0.1, 0.15) is 55.9 Å². The third-order valence-corrected chi connectivity index (χ3v) is 8.91. The summed E-state index contributed by atoms with van der Waals surface area (Å²) >= 11 is 0. The Bertz CT molecular complexity index is 1410. The van der Waals surface area contributed by atoms with E-state index in [9.17, 15) is 18.0 Å². The number of hydrogen-bond donors (Lipinski definition) is 2. The molecular weight excluding hydrogens is 526 g/mol. The summed E-state index contributed by atoms with van der Waals surface area (Å²) < 4.78 is 34.0. The maximum Gasteiger partial charge on any atom is 0.408 e. The first-order valence-corrected chi connectivity index (χ1v) is 15.0. The van der Waals surface area contributed by atoms with Crippen LogP contribution in [0.3, 0.4) is 0 Å². The molecule has 1 atom stereocenters. The van der Waals surface area contributed by atoms with Crippen molar-refractivity contribution in [3.8, 4) is 11.1 Å². The van der Waals surface area contributed by atoms with E-state index in [-0.39, 0.29) is 23.8 Å². The second-order valence-electron chi connectivity index (χ2n) is 10.6. The maximum absolute atomic E-state index is 13.5. The molecule has 0 spiro atoms. The SMILES string of the molecule is Cc1ccc(S(=O)(=O)N(CC(C)C)[C@@H](CCCCNC(=O)OC2c3ccccc3-c3ccccc32)C(N)=O)cc1. The number of primary amides is 1. The van der Waals surface area contributed by atoms with Gasteiger partial charge in [0.05, 0.1) is 4.90 Å². The summed E-state index contributed by atoms with van der Waals surface area (Å²) in [5.41, 5.74) is 10.7. The number of amides is 2. The molecule has 3 aromatic carbocycles. The van der Waals surface area contributed by atoms with Crippen molar-refractivity contribution in [2.75, 3.05) is 13.1 Å². The van der Waals surface area contributed by atoms with Gasteiger partial charge in [-0.1, -0.05) is 80.1 Å².